The lowest BCUT2D eigenvalue weighted by molar-refractivity contribution is 1.13. The van der Waals surface area contributed by atoms with Crippen molar-refractivity contribution in [3.8, 4) is 0 Å². The highest BCUT2D eigenvalue weighted by Crippen LogP contribution is 2.18. The fourth-order valence-corrected chi connectivity index (χ4v) is 1.98. The van der Waals surface area contributed by atoms with E-state index in [9.17, 15) is 4.79 Å². The van der Waals surface area contributed by atoms with Crippen LogP contribution in [0.2, 0.25) is 0 Å². The number of pyridine rings is 1. The SMILES string of the molecule is C=N/C(N)=C(\N=C(C)c1ccc(=O)[nH]c1)C(=C)Nc1ccccc1. The standard InChI is InChI=1S/C18H19N5O/c1-12(14-9-10-16(24)21-11-14)23-17(18(19)20-3)13(2)22-15-7-5-4-6-8-15/h4-11,22H,2-3,19H2,1H3,(H,21,24)/b18-17-,23-12?. The van der Waals surface area contributed by atoms with E-state index in [0.717, 1.165) is 11.3 Å². The average Bonchev–Trinajstić information content (AvgIpc) is 2.60. The van der Waals surface area contributed by atoms with Crippen LogP contribution in [-0.4, -0.2) is 17.4 Å². The summed E-state index contributed by atoms with van der Waals surface area (Å²) in [5.41, 5.74) is 8.89. The molecule has 0 atom stereocenters. The number of aliphatic imine (C=N–C) groups is 2. The summed E-state index contributed by atoms with van der Waals surface area (Å²) in [6.45, 7) is 9.23. The van der Waals surface area contributed by atoms with E-state index in [1.807, 2.05) is 30.3 Å². The van der Waals surface area contributed by atoms with Crippen molar-refractivity contribution in [2.24, 2.45) is 15.7 Å². The fraction of sp³-hybridized carbons (Fsp3) is 0.0556. The zero-order valence-electron chi connectivity index (χ0n) is 13.4. The molecule has 1 aromatic heterocycles. The summed E-state index contributed by atoms with van der Waals surface area (Å²) in [6.07, 6.45) is 1.59. The lowest BCUT2D eigenvalue weighted by atomic mass is 10.2. The van der Waals surface area contributed by atoms with E-state index in [0.29, 0.717) is 17.1 Å². The van der Waals surface area contributed by atoms with Gasteiger partial charge in [0, 0.05) is 29.2 Å². The van der Waals surface area contributed by atoms with Gasteiger partial charge in [-0.1, -0.05) is 24.8 Å². The van der Waals surface area contributed by atoms with Crippen molar-refractivity contribution in [3.05, 3.63) is 88.4 Å². The molecule has 6 heteroatoms. The predicted octanol–water partition coefficient (Wildman–Crippen LogP) is 2.64. The smallest absolute Gasteiger partial charge is 0.247 e. The maximum absolute atomic E-state index is 11.2. The molecule has 1 aromatic carbocycles. The first-order valence-corrected chi connectivity index (χ1v) is 7.23. The number of nitrogens with one attached hydrogen (secondary N) is 2. The predicted molar refractivity (Wildman–Crippen MR) is 99.2 cm³/mol. The number of para-hydroxylation sites is 1. The number of aromatic amines is 1. The quantitative estimate of drug-likeness (QED) is 0.564. The third-order valence-corrected chi connectivity index (χ3v) is 3.25. The molecule has 24 heavy (non-hydrogen) atoms. The Balaban J connectivity index is 2.34. The maximum atomic E-state index is 11.2. The second kappa shape index (κ2) is 7.73. The van der Waals surface area contributed by atoms with Gasteiger partial charge in [-0.05, 0) is 31.8 Å². The van der Waals surface area contributed by atoms with E-state index >= 15 is 0 Å². The minimum atomic E-state index is -0.176. The molecule has 0 fully saturated rings. The second-order valence-corrected chi connectivity index (χ2v) is 5.00. The fourth-order valence-electron chi connectivity index (χ4n) is 1.98. The van der Waals surface area contributed by atoms with E-state index in [-0.39, 0.29) is 11.4 Å². The lowest BCUT2D eigenvalue weighted by Crippen LogP contribution is -2.10. The van der Waals surface area contributed by atoms with Crippen LogP contribution in [0.5, 0.6) is 0 Å². The number of H-pyrrole nitrogens is 1. The van der Waals surface area contributed by atoms with Gasteiger partial charge < -0.3 is 16.0 Å². The van der Waals surface area contributed by atoms with Crippen molar-refractivity contribution < 1.29 is 0 Å². The van der Waals surface area contributed by atoms with E-state index in [1.165, 1.54) is 6.07 Å². The summed E-state index contributed by atoms with van der Waals surface area (Å²) in [6, 6.07) is 12.6. The van der Waals surface area contributed by atoms with Crippen molar-refractivity contribution >= 4 is 18.1 Å². The van der Waals surface area contributed by atoms with Crippen LogP contribution < -0.4 is 16.6 Å². The summed E-state index contributed by atoms with van der Waals surface area (Å²) in [5.74, 6) is 0.159. The van der Waals surface area contributed by atoms with E-state index in [1.54, 1.807) is 19.2 Å². The zero-order chi connectivity index (χ0) is 17.5. The molecule has 0 amide bonds. The van der Waals surface area contributed by atoms with Gasteiger partial charge in [0.25, 0.3) is 0 Å². The number of rotatable bonds is 6. The Morgan fingerprint density at radius 2 is 1.92 bits per heavy atom. The summed E-state index contributed by atoms with van der Waals surface area (Å²) in [5, 5.41) is 3.14. The van der Waals surface area contributed by atoms with Crippen LogP contribution in [0.25, 0.3) is 0 Å². The first-order chi connectivity index (χ1) is 11.5. The molecule has 2 rings (SSSR count). The van der Waals surface area contributed by atoms with Gasteiger partial charge in [0.15, 0.2) is 5.82 Å². The van der Waals surface area contributed by atoms with Crippen molar-refractivity contribution in [1.29, 1.82) is 0 Å². The van der Waals surface area contributed by atoms with Gasteiger partial charge in [-0.3, -0.25) is 4.79 Å². The van der Waals surface area contributed by atoms with Crippen molar-refractivity contribution in [2.45, 2.75) is 6.92 Å². The Hall–Kier alpha value is -3.41. The van der Waals surface area contributed by atoms with Gasteiger partial charge in [0.2, 0.25) is 5.56 Å². The third kappa shape index (κ3) is 4.30. The molecule has 0 aliphatic carbocycles. The number of hydrogen-bond donors (Lipinski definition) is 3. The van der Waals surface area contributed by atoms with Crippen molar-refractivity contribution in [3.63, 3.8) is 0 Å². The van der Waals surface area contributed by atoms with E-state index < -0.39 is 0 Å². The van der Waals surface area contributed by atoms with Gasteiger partial charge >= 0.3 is 0 Å². The molecular weight excluding hydrogens is 302 g/mol. The molecule has 1 heterocycles. The number of nitrogens with zero attached hydrogens (tertiary/aromatic N) is 2. The lowest BCUT2D eigenvalue weighted by Gasteiger charge is -2.12. The van der Waals surface area contributed by atoms with Gasteiger partial charge in [-0.15, -0.1) is 0 Å². The Bertz CT molecular complexity index is 842. The summed E-state index contributed by atoms with van der Waals surface area (Å²) >= 11 is 0. The number of anilines is 1. The number of aromatic nitrogens is 1. The first kappa shape index (κ1) is 17.0. The number of hydrogen-bond acceptors (Lipinski definition) is 5. The van der Waals surface area contributed by atoms with Crippen molar-refractivity contribution in [2.75, 3.05) is 5.32 Å². The monoisotopic (exact) mass is 321 g/mol. The van der Waals surface area contributed by atoms with Crippen LogP contribution in [0, 0.1) is 0 Å². The number of nitrogens with two attached hydrogens (primary N) is 1. The van der Waals surface area contributed by atoms with Crippen LogP contribution in [0.1, 0.15) is 12.5 Å². The summed E-state index contributed by atoms with van der Waals surface area (Å²) < 4.78 is 0. The minimum Gasteiger partial charge on any atom is -0.382 e. The molecule has 0 unspecified atom stereocenters. The van der Waals surface area contributed by atoms with E-state index in [2.05, 4.69) is 33.6 Å². The van der Waals surface area contributed by atoms with Gasteiger partial charge in [-0.25, -0.2) is 9.98 Å². The summed E-state index contributed by atoms with van der Waals surface area (Å²) in [7, 11) is 0. The third-order valence-electron chi connectivity index (χ3n) is 3.25. The molecule has 0 spiro atoms. The largest absolute Gasteiger partial charge is 0.382 e. The Kier molecular flexibility index (Phi) is 5.46. The Labute approximate surface area is 140 Å². The van der Waals surface area contributed by atoms with Crippen LogP contribution >= 0.6 is 0 Å². The molecule has 0 aliphatic rings. The van der Waals surface area contributed by atoms with Gasteiger partial charge in [-0.2, -0.15) is 0 Å². The zero-order valence-corrected chi connectivity index (χ0v) is 13.4. The average molecular weight is 321 g/mol. The molecule has 0 bridgehead atoms. The topological polar surface area (TPSA) is 95.6 Å². The Morgan fingerprint density at radius 3 is 2.50 bits per heavy atom. The maximum Gasteiger partial charge on any atom is 0.247 e. The molecule has 6 nitrogen and oxygen atoms in total. The molecule has 4 N–H and O–H groups in total. The molecule has 2 aromatic rings. The molecular formula is C18H19N5O. The van der Waals surface area contributed by atoms with Crippen LogP contribution in [0.4, 0.5) is 5.69 Å². The molecule has 0 aliphatic heterocycles. The molecule has 122 valence electrons. The first-order valence-electron chi connectivity index (χ1n) is 7.23. The number of benzene rings is 1. The van der Waals surface area contributed by atoms with Crippen LogP contribution in [0.3, 0.4) is 0 Å². The highest BCUT2D eigenvalue weighted by atomic mass is 16.1. The summed E-state index contributed by atoms with van der Waals surface area (Å²) in [4.78, 5) is 22.0. The van der Waals surface area contributed by atoms with Crippen LogP contribution in [0.15, 0.2) is 87.2 Å². The highest BCUT2D eigenvalue weighted by Gasteiger charge is 2.09. The normalized spacial score (nSPS) is 12.3. The highest BCUT2D eigenvalue weighted by molar-refractivity contribution is 5.99. The van der Waals surface area contributed by atoms with Gasteiger partial charge in [0.1, 0.15) is 5.70 Å². The van der Waals surface area contributed by atoms with E-state index in [4.69, 9.17) is 5.73 Å². The molecule has 0 saturated heterocycles. The van der Waals surface area contributed by atoms with Crippen molar-refractivity contribution in [1.82, 2.24) is 4.98 Å². The van der Waals surface area contributed by atoms with Crippen LogP contribution in [-0.2, 0) is 0 Å². The van der Waals surface area contributed by atoms with Gasteiger partial charge in [0.05, 0.1) is 5.70 Å². The second-order valence-electron chi connectivity index (χ2n) is 5.00. The molecule has 0 radical (unpaired) electrons. The molecule has 0 saturated carbocycles. The Morgan fingerprint density at radius 1 is 1.21 bits per heavy atom. The minimum absolute atomic E-state index is 0.159.